The van der Waals surface area contributed by atoms with E-state index < -0.39 is 0 Å². The highest BCUT2D eigenvalue weighted by Gasteiger charge is 2.37. The Bertz CT molecular complexity index is 236. The topological polar surface area (TPSA) is 21.3 Å². The van der Waals surface area contributed by atoms with Gasteiger partial charge in [0, 0.05) is 19.3 Å². The van der Waals surface area contributed by atoms with Crippen molar-refractivity contribution in [3.05, 3.63) is 0 Å². The lowest BCUT2D eigenvalue weighted by molar-refractivity contribution is 0.106. The molecule has 2 aliphatic carbocycles. The molecule has 2 fully saturated rings. The average molecular weight is 267 g/mol. The molecule has 19 heavy (non-hydrogen) atoms. The van der Waals surface area contributed by atoms with Crippen molar-refractivity contribution in [2.24, 2.45) is 11.3 Å². The monoisotopic (exact) mass is 267 g/mol. The number of ether oxygens (including phenoxy) is 1. The Morgan fingerprint density at radius 2 is 1.79 bits per heavy atom. The Hall–Kier alpha value is -0.0800. The van der Waals surface area contributed by atoms with Crippen LogP contribution in [0.3, 0.4) is 0 Å². The third-order valence-electron chi connectivity index (χ3n) is 5.06. The molecule has 2 saturated carbocycles. The Kier molecular flexibility index (Phi) is 6.15. The van der Waals surface area contributed by atoms with Crippen LogP contribution < -0.4 is 5.32 Å². The average Bonchev–Trinajstić information content (AvgIpc) is 2.84. The van der Waals surface area contributed by atoms with Crippen molar-refractivity contribution in [3.63, 3.8) is 0 Å². The van der Waals surface area contributed by atoms with E-state index in [0.717, 1.165) is 37.6 Å². The van der Waals surface area contributed by atoms with Gasteiger partial charge in [-0.1, -0.05) is 26.7 Å². The summed E-state index contributed by atoms with van der Waals surface area (Å²) < 4.78 is 5.62. The van der Waals surface area contributed by atoms with Crippen LogP contribution in [-0.4, -0.2) is 25.8 Å². The van der Waals surface area contributed by atoms with E-state index in [1.54, 1.807) is 0 Å². The van der Waals surface area contributed by atoms with Crippen LogP contribution >= 0.6 is 0 Å². The molecule has 0 atom stereocenters. The quantitative estimate of drug-likeness (QED) is 0.700. The first-order valence-electron chi connectivity index (χ1n) is 8.51. The summed E-state index contributed by atoms with van der Waals surface area (Å²) in [5, 5.41) is 3.74. The molecule has 0 saturated heterocycles. The minimum atomic E-state index is 0.661. The maximum absolute atomic E-state index is 5.62. The van der Waals surface area contributed by atoms with Crippen molar-refractivity contribution in [2.45, 2.75) is 77.7 Å². The molecule has 0 aromatic rings. The summed E-state index contributed by atoms with van der Waals surface area (Å²) in [5.74, 6) is 0.661. The van der Waals surface area contributed by atoms with E-state index >= 15 is 0 Å². The number of rotatable bonds is 7. The third kappa shape index (κ3) is 5.07. The Balaban J connectivity index is 1.49. The van der Waals surface area contributed by atoms with Gasteiger partial charge in [-0.05, 0) is 62.8 Å². The van der Waals surface area contributed by atoms with Crippen LogP contribution in [-0.2, 0) is 4.74 Å². The largest absolute Gasteiger partial charge is 0.381 e. The first-order valence-corrected chi connectivity index (χ1v) is 8.51. The van der Waals surface area contributed by atoms with Crippen LogP contribution in [0.5, 0.6) is 0 Å². The molecular formula is C17H33NO. The summed E-state index contributed by atoms with van der Waals surface area (Å²) in [6.45, 7) is 7.38. The smallest absolute Gasteiger partial charge is 0.0489 e. The highest BCUT2D eigenvalue weighted by Crippen LogP contribution is 2.48. The van der Waals surface area contributed by atoms with Gasteiger partial charge < -0.3 is 10.1 Å². The minimum absolute atomic E-state index is 0.661. The first-order chi connectivity index (χ1) is 9.20. The van der Waals surface area contributed by atoms with Crippen molar-refractivity contribution >= 4 is 0 Å². The van der Waals surface area contributed by atoms with Gasteiger partial charge in [0.05, 0.1) is 0 Å². The normalized spacial score (nSPS) is 23.5. The Labute approximate surface area is 119 Å². The second-order valence-corrected chi connectivity index (χ2v) is 7.26. The van der Waals surface area contributed by atoms with E-state index in [4.69, 9.17) is 4.74 Å². The zero-order valence-electron chi connectivity index (χ0n) is 13.0. The maximum Gasteiger partial charge on any atom is 0.0489 e. The van der Waals surface area contributed by atoms with Crippen molar-refractivity contribution in [3.8, 4) is 0 Å². The molecule has 0 aliphatic heterocycles. The SMILES string of the molecule is CC(C)COCCCNC1CCC2(CCCC2)CC1. The zero-order chi connectivity index (χ0) is 13.6. The van der Waals surface area contributed by atoms with Gasteiger partial charge in [-0.2, -0.15) is 0 Å². The van der Waals surface area contributed by atoms with Crippen LogP contribution in [0.25, 0.3) is 0 Å². The lowest BCUT2D eigenvalue weighted by atomic mass is 9.71. The van der Waals surface area contributed by atoms with Crippen LogP contribution in [0.4, 0.5) is 0 Å². The lowest BCUT2D eigenvalue weighted by Crippen LogP contribution is -2.37. The second-order valence-electron chi connectivity index (χ2n) is 7.26. The van der Waals surface area contributed by atoms with Crippen molar-refractivity contribution < 1.29 is 4.74 Å². The van der Waals surface area contributed by atoms with E-state index in [-0.39, 0.29) is 0 Å². The molecule has 112 valence electrons. The molecule has 2 aliphatic rings. The van der Waals surface area contributed by atoms with Gasteiger partial charge in [-0.3, -0.25) is 0 Å². The molecule has 0 heterocycles. The van der Waals surface area contributed by atoms with Crippen LogP contribution in [0.15, 0.2) is 0 Å². The molecule has 2 nitrogen and oxygen atoms in total. The predicted molar refractivity (Wildman–Crippen MR) is 81.4 cm³/mol. The summed E-state index contributed by atoms with van der Waals surface area (Å²) in [6, 6.07) is 0.788. The van der Waals surface area contributed by atoms with Crippen molar-refractivity contribution in [1.82, 2.24) is 5.32 Å². The molecule has 1 N–H and O–H groups in total. The van der Waals surface area contributed by atoms with Crippen LogP contribution in [0, 0.1) is 11.3 Å². The van der Waals surface area contributed by atoms with E-state index in [0.29, 0.717) is 5.92 Å². The van der Waals surface area contributed by atoms with E-state index in [9.17, 15) is 0 Å². The van der Waals surface area contributed by atoms with Gasteiger partial charge >= 0.3 is 0 Å². The van der Waals surface area contributed by atoms with E-state index in [1.165, 1.54) is 51.4 Å². The molecule has 1 spiro atoms. The molecule has 0 unspecified atom stereocenters. The standard InChI is InChI=1S/C17H33NO/c1-15(2)14-19-13-5-12-18-16-6-10-17(11-7-16)8-3-4-9-17/h15-16,18H,3-14H2,1-2H3. The summed E-state index contributed by atoms with van der Waals surface area (Å²) in [5.41, 5.74) is 0.776. The summed E-state index contributed by atoms with van der Waals surface area (Å²) in [7, 11) is 0. The second kappa shape index (κ2) is 7.64. The van der Waals surface area contributed by atoms with Gasteiger partial charge in [0.2, 0.25) is 0 Å². The molecule has 0 aromatic heterocycles. The number of nitrogens with one attached hydrogen (secondary N) is 1. The van der Waals surface area contributed by atoms with Crippen LogP contribution in [0.2, 0.25) is 0 Å². The van der Waals surface area contributed by atoms with Crippen molar-refractivity contribution in [2.75, 3.05) is 19.8 Å². The Morgan fingerprint density at radius 1 is 1.11 bits per heavy atom. The fourth-order valence-electron chi connectivity index (χ4n) is 3.86. The first kappa shape index (κ1) is 15.3. The van der Waals surface area contributed by atoms with Crippen molar-refractivity contribution in [1.29, 1.82) is 0 Å². The third-order valence-corrected chi connectivity index (χ3v) is 5.06. The minimum Gasteiger partial charge on any atom is -0.381 e. The van der Waals surface area contributed by atoms with Gasteiger partial charge in [0.1, 0.15) is 0 Å². The molecule has 2 rings (SSSR count). The lowest BCUT2D eigenvalue weighted by Gasteiger charge is -2.37. The molecule has 0 amide bonds. The highest BCUT2D eigenvalue weighted by atomic mass is 16.5. The molecule has 0 radical (unpaired) electrons. The van der Waals surface area contributed by atoms with E-state index in [1.807, 2.05) is 0 Å². The molecule has 0 bridgehead atoms. The number of hydrogen-bond acceptors (Lipinski definition) is 2. The van der Waals surface area contributed by atoms with Gasteiger partial charge in [-0.25, -0.2) is 0 Å². The fourth-order valence-corrected chi connectivity index (χ4v) is 3.86. The van der Waals surface area contributed by atoms with Crippen LogP contribution in [0.1, 0.15) is 71.6 Å². The summed E-state index contributed by atoms with van der Waals surface area (Å²) in [6.07, 6.45) is 13.0. The predicted octanol–water partition coefficient (Wildman–Crippen LogP) is 4.14. The summed E-state index contributed by atoms with van der Waals surface area (Å²) >= 11 is 0. The summed E-state index contributed by atoms with van der Waals surface area (Å²) in [4.78, 5) is 0. The Morgan fingerprint density at radius 3 is 2.42 bits per heavy atom. The molecule has 0 aromatic carbocycles. The highest BCUT2D eigenvalue weighted by molar-refractivity contribution is 4.91. The van der Waals surface area contributed by atoms with Gasteiger partial charge in [-0.15, -0.1) is 0 Å². The van der Waals surface area contributed by atoms with E-state index in [2.05, 4.69) is 19.2 Å². The maximum atomic E-state index is 5.62. The van der Waals surface area contributed by atoms with Gasteiger partial charge in [0.25, 0.3) is 0 Å². The zero-order valence-corrected chi connectivity index (χ0v) is 13.0. The molecule has 2 heteroatoms. The fraction of sp³-hybridized carbons (Fsp3) is 1.00. The number of hydrogen-bond donors (Lipinski definition) is 1. The molecular weight excluding hydrogens is 234 g/mol. The van der Waals surface area contributed by atoms with Gasteiger partial charge in [0.15, 0.2) is 0 Å².